The van der Waals surface area contributed by atoms with Crippen LogP contribution in [0.5, 0.6) is 0 Å². The molecule has 98 valence electrons. The highest BCUT2D eigenvalue weighted by molar-refractivity contribution is 5.80. The highest BCUT2D eigenvalue weighted by Crippen LogP contribution is 2.21. The summed E-state index contributed by atoms with van der Waals surface area (Å²) in [6, 6.07) is 0. The number of rotatable bonds is 5. The molecule has 0 aromatic carbocycles. The summed E-state index contributed by atoms with van der Waals surface area (Å²) in [6.45, 7) is 4.88. The van der Waals surface area contributed by atoms with Crippen LogP contribution in [0.25, 0.3) is 0 Å². The van der Waals surface area contributed by atoms with Crippen LogP contribution in [0.2, 0.25) is 0 Å². The van der Waals surface area contributed by atoms with Gasteiger partial charge in [-0.25, -0.2) is 0 Å². The second-order valence-electron chi connectivity index (χ2n) is 4.82. The Morgan fingerprint density at radius 1 is 1.41 bits per heavy atom. The third-order valence-corrected chi connectivity index (χ3v) is 3.54. The first-order chi connectivity index (χ1) is 7.99. The van der Waals surface area contributed by atoms with Crippen molar-refractivity contribution in [3.05, 3.63) is 0 Å². The Bertz CT molecular complexity index is 286. The van der Waals surface area contributed by atoms with Crippen LogP contribution in [0.4, 0.5) is 0 Å². The minimum Gasteiger partial charge on any atom is -0.481 e. The Hall–Kier alpha value is -1.10. The quantitative estimate of drug-likeness (QED) is 0.756. The number of ether oxygens (including phenoxy) is 1. The summed E-state index contributed by atoms with van der Waals surface area (Å²) in [5.74, 6) is -0.944. The van der Waals surface area contributed by atoms with Gasteiger partial charge in [0.25, 0.3) is 0 Å². The standard InChI is InChI=1S/C12H21NO4/c1-3-12(2,11(15)16)8-13-10(14)9-4-6-17-7-5-9/h9H,3-8H2,1-2H3,(H,13,14)(H,15,16). The number of hydrogen-bond donors (Lipinski definition) is 2. The molecule has 0 bridgehead atoms. The molecule has 2 N–H and O–H groups in total. The van der Waals surface area contributed by atoms with E-state index < -0.39 is 11.4 Å². The summed E-state index contributed by atoms with van der Waals surface area (Å²) in [6.07, 6.45) is 1.94. The molecule has 0 saturated carbocycles. The van der Waals surface area contributed by atoms with E-state index in [1.807, 2.05) is 6.92 Å². The van der Waals surface area contributed by atoms with Gasteiger partial charge in [0.15, 0.2) is 0 Å². The zero-order valence-electron chi connectivity index (χ0n) is 10.5. The van der Waals surface area contributed by atoms with Crippen molar-refractivity contribution in [1.82, 2.24) is 5.32 Å². The maximum Gasteiger partial charge on any atom is 0.311 e. The van der Waals surface area contributed by atoms with Crippen molar-refractivity contribution in [2.45, 2.75) is 33.1 Å². The van der Waals surface area contributed by atoms with Gasteiger partial charge in [-0.05, 0) is 26.2 Å². The molecule has 1 aliphatic rings. The molecule has 1 atom stereocenters. The molecule has 5 nitrogen and oxygen atoms in total. The normalized spacial score (nSPS) is 20.6. The number of carboxylic acids is 1. The third-order valence-electron chi connectivity index (χ3n) is 3.54. The molecule has 1 heterocycles. The SMILES string of the molecule is CCC(C)(CNC(=O)C1CCOCC1)C(=O)O. The molecule has 0 radical (unpaired) electrons. The first-order valence-corrected chi connectivity index (χ1v) is 6.08. The van der Waals surface area contributed by atoms with E-state index in [0.717, 1.165) is 12.8 Å². The van der Waals surface area contributed by atoms with Gasteiger partial charge in [-0.1, -0.05) is 6.92 Å². The molecule has 17 heavy (non-hydrogen) atoms. The highest BCUT2D eigenvalue weighted by atomic mass is 16.5. The van der Waals surface area contributed by atoms with E-state index in [1.165, 1.54) is 0 Å². The van der Waals surface area contributed by atoms with Gasteiger partial charge in [-0.2, -0.15) is 0 Å². The van der Waals surface area contributed by atoms with E-state index in [1.54, 1.807) is 6.92 Å². The minimum atomic E-state index is -0.874. The number of hydrogen-bond acceptors (Lipinski definition) is 3. The lowest BCUT2D eigenvalue weighted by molar-refractivity contribution is -0.148. The predicted octanol–water partition coefficient (Wildman–Crippen LogP) is 1.03. The summed E-state index contributed by atoms with van der Waals surface area (Å²) in [7, 11) is 0. The van der Waals surface area contributed by atoms with E-state index in [2.05, 4.69) is 5.32 Å². The van der Waals surface area contributed by atoms with Crippen LogP contribution >= 0.6 is 0 Å². The average molecular weight is 243 g/mol. The van der Waals surface area contributed by atoms with Gasteiger partial charge >= 0.3 is 5.97 Å². The smallest absolute Gasteiger partial charge is 0.311 e. The van der Waals surface area contributed by atoms with Gasteiger partial charge in [-0.3, -0.25) is 9.59 Å². The molecule has 1 saturated heterocycles. The molecule has 1 unspecified atom stereocenters. The largest absolute Gasteiger partial charge is 0.481 e. The molecular formula is C12H21NO4. The van der Waals surface area contributed by atoms with Crippen molar-refractivity contribution >= 4 is 11.9 Å². The molecular weight excluding hydrogens is 222 g/mol. The average Bonchev–Trinajstić information content (AvgIpc) is 2.36. The Morgan fingerprint density at radius 3 is 2.47 bits per heavy atom. The van der Waals surface area contributed by atoms with Crippen LogP contribution in [-0.4, -0.2) is 36.7 Å². The zero-order chi connectivity index (χ0) is 12.9. The maximum absolute atomic E-state index is 11.8. The minimum absolute atomic E-state index is 0.0290. The van der Waals surface area contributed by atoms with Crippen molar-refractivity contribution < 1.29 is 19.4 Å². The second kappa shape index (κ2) is 6.00. The van der Waals surface area contributed by atoms with Crippen LogP contribution in [0, 0.1) is 11.3 Å². The van der Waals surface area contributed by atoms with E-state index in [4.69, 9.17) is 9.84 Å². The first kappa shape index (κ1) is 14.0. The van der Waals surface area contributed by atoms with Crippen LogP contribution in [0.15, 0.2) is 0 Å². The summed E-state index contributed by atoms with van der Waals surface area (Å²) < 4.78 is 5.18. The van der Waals surface area contributed by atoms with Crippen LogP contribution < -0.4 is 5.32 Å². The number of nitrogens with one attached hydrogen (secondary N) is 1. The highest BCUT2D eigenvalue weighted by Gasteiger charge is 2.32. The van der Waals surface area contributed by atoms with Gasteiger partial charge in [0.2, 0.25) is 5.91 Å². The third kappa shape index (κ3) is 3.70. The Labute approximate surface area is 102 Å². The second-order valence-corrected chi connectivity index (χ2v) is 4.82. The summed E-state index contributed by atoms with van der Waals surface area (Å²) in [5, 5.41) is 11.8. The first-order valence-electron chi connectivity index (χ1n) is 6.08. The Balaban J connectivity index is 2.43. The molecule has 1 amide bonds. The van der Waals surface area contributed by atoms with Crippen molar-refractivity contribution in [2.75, 3.05) is 19.8 Å². The van der Waals surface area contributed by atoms with Crippen LogP contribution in [0.1, 0.15) is 33.1 Å². The van der Waals surface area contributed by atoms with Gasteiger partial charge in [0.1, 0.15) is 0 Å². The fourth-order valence-corrected chi connectivity index (χ4v) is 1.74. The van der Waals surface area contributed by atoms with Gasteiger partial charge in [0.05, 0.1) is 5.41 Å². The van der Waals surface area contributed by atoms with Crippen LogP contribution in [-0.2, 0) is 14.3 Å². The zero-order valence-corrected chi connectivity index (χ0v) is 10.5. The molecule has 0 aromatic rings. The lowest BCUT2D eigenvalue weighted by Crippen LogP contribution is -2.43. The summed E-state index contributed by atoms with van der Waals surface area (Å²) >= 11 is 0. The van der Waals surface area contributed by atoms with Crippen molar-refractivity contribution in [1.29, 1.82) is 0 Å². The maximum atomic E-state index is 11.8. The molecule has 5 heteroatoms. The van der Waals surface area contributed by atoms with Gasteiger partial charge in [-0.15, -0.1) is 0 Å². The topological polar surface area (TPSA) is 75.6 Å². The summed E-state index contributed by atoms with van der Waals surface area (Å²) in [4.78, 5) is 22.9. The molecule has 0 spiro atoms. The van der Waals surface area contributed by atoms with E-state index in [9.17, 15) is 9.59 Å². The molecule has 0 aliphatic carbocycles. The molecule has 1 rings (SSSR count). The van der Waals surface area contributed by atoms with E-state index in [0.29, 0.717) is 19.6 Å². The monoisotopic (exact) mass is 243 g/mol. The van der Waals surface area contributed by atoms with Crippen molar-refractivity contribution in [2.24, 2.45) is 11.3 Å². The number of carbonyl (C=O) groups excluding carboxylic acids is 1. The number of carbonyl (C=O) groups is 2. The Morgan fingerprint density at radius 2 is 2.00 bits per heavy atom. The van der Waals surface area contributed by atoms with Gasteiger partial charge in [0, 0.05) is 25.7 Å². The molecule has 1 aliphatic heterocycles. The number of aliphatic carboxylic acids is 1. The fourth-order valence-electron chi connectivity index (χ4n) is 1.74. The number of carboxylic acid groups (broad SMARTS) is 1. The Kier molecular flexibility index (Phi) is 4.93. The van der Waals surface area contributed by atoms with E-state index >= 15 is 0 Å². The lowest BCUT2D eigenvalue weighted by atomic mass is 9.87. The van der Waals surface area contributed by atoms with E-state index in [-0.39, 0.29) is 18.4 Å². The lowest BCUT2D eigenvalue weighted by Gasteiger charge is -2.26. The molecule has 0 aromatic heterocycles. The fraction of sp³-hybridized carbons (Fsp3) is 0.833. The number of amides is 1. The van der Waals surface area contributed by atoms with Crippen molar-refractivity contribution in [3.8, 4) is 0 Å². The van der Waals surface area contributed by atoms with Crippen LogP contribution in [0.3, 0.4) is 0 Å². The molecule has 1 fully saturated rings. The summed E-state index contributed by atoms with van der Waals surface area (Å²) in [5.41, 5.74) is -0.874. The predicted molar refractivity (Wildman–Crippen MR) is 62.6 cm³/mol. The van der Waals surface area contributed by atoms with Crippen molar-refractivity contribution in [3.63, 3.8) is 0 Å². The van der Waals surface area contributed by atoms with Gasteiger partial charge < -0.3 is 15.2 Å².